The number of aromatic nitrogens is 1. The lowest BCUT2D eigenvalue weighted by atomic mass is 10.1. The minimum absolute atomic E-state index is 0.158. The van der Waals surface area contributed by atoms with E-state index in [-0.39, 0.29) is 5.91 Å². The first kappa shape index (κ1) is 15.7. The molecule has 0 saturated heterocycles. The van der Waals surface area contributed by atoms with Gasteiger partial charge in [-0.25, -0.2) is 4.98 Å². The molecule has 0 spiro atoms. The third kappa shape index (κ3) is 3.98. The molecule has 0 bridgehead atoms. The van der Waals surface area contributed by atoms with E-state index < -0.39 is 0 Å². The monoisotopic (exact) mass is 317 g/mol. The van der Waals surface area contributed by atoms with Crippen LogP contribution in [0.2, 0.25) is 0 Å². The van der Waals surface area contributed by atoms with Gasteiger partial charge in [0.1, 0.15) is 5.82 Å². The summed E-state index contributed by atoms with van der Waals surface area (Å²) >= 11 is 0. The Balaban J connectivity index is 1.75. The van der Waals surface area contributed by atoms with E-state index in [4.69, 9.17) is 0 Å². The van der Waals surface area contributed by atoms with Crippen molar-refractivity contribution in [3.63, 3.8) is 0 Å². The van der Waals surface area contributed by atoms with E-state index in [9.17, 15) is 4.79 Å². The van der Waals surface area contributed by atoms with Gasteiger partial charge in [0.15, 0.2) is 0 Å². The zero-order chi connectivity index (χ0) is 16.8. The Morgan fingerprint density at radius 1 is 0.958 bits per heavy atom. The predicted octanol–water partition coefficient (Wildman–Crippen LogP) is 4.64. The smallest absolute Gasteiger partial charge is 0.255 e. The SMILES string of the molecule is CCc1cccc(Nc2cc(C(=O)Nc3ccccc3)ccn2)c1. The summed E-state index contributed by atoms with van der Waals surface area (Å²) in [5.41, 5.74) is 3.54. The number of benzene rings is 2. The number of carbonyl (C=O) groups is 1. The van der Waals surface area contributed by atoms with Crippen LogP contribution in [0.1, 0.15) is 22.8 Å². The third-order valence-corrected chi connectivity index (χ3v) is 3.66. The topological polar surface area (TPSA) is 54.0 Å². The lowest BCUT2D eigenvalue weighted by Crippen LogP contribution is -2.12. The van der Waals surface area contributed by atoms with Crippen LogP contribution in [-0.2, 0) is 6.42 Å². The molecule has 0 aliphatic carbocycles. The highest BCUT2D eigenvalue weighted by molar-refractivity contribution is 6.04. The van der Waals surface area contributed by atoms with Gasteiger partial charge in [-0.15, -0.1) is 0 Å². The van der Waals surface area contributed by atoms with Crippen molar-refractivity contribution in [1.29, 1.82) is 0 Å². The van der Waals surface area contributed by atoms with Crippen LogP contribution >= 0.6 is 0 Å². The lowest BCUT2D eigenvalue weighted by Gasteiger charge is -2.09. The highest BCUT2D eigenvalue weighted by atomic mass is 16.1. The second-order valence-corrected chi connectivity index (χ2v) is 5.43. The maximum atomic E-state index is 12.4. The summed E-state index contributed by atoms with van der Waals surface area (Å²) in [5.74, 6) is 0.484. The minimum atomic E-state index is -0.158. The van der Waals surface area contributed by atoms with Crippen LogP contribution in [0.25, 0.3) is 0 Å². The van der Waals surface area contributed by atoms with Crippen LogP contribution in [-0.4, -0.2) is 10.9 Å². The molecule has 0 fully saturated rings. The van der Waals surface area contributed by atoms with Crippen LogP contribution in [0.4, 0.5) is 17.2 Å². The first-order valence-electron chi connectivity index (χ1n) is 7.93. The second-order valence-electron chi connectivity index (χ2n) is 5.43. The summed E-state index contributed by atoms with van der Waals surface area (Å²) in [6.07, 6.45) is 2.61. The molecule has 3 aromatic rings. The van der Waals surface area contributed by atoms with Gasteiger partial charge in [-0.2, -0.15) is 0 Å². The van der Waals surface area contributed by atoms with Gasteiger partial charge in [0.05, 0.1) is 0 Å². The first-order chi connectivity index (χ1) is 11.7. The fourth-order valence-corrected chi connectivity index (χ4v) is 2.38. The molecule has 0 aliphatic heterocycles. The highest BCUT2D eigenvalue weighted by Gasteiger charge is 2.07. The van der Waals surface area contributed by atoms with Gasteiger partial charge >= 0.3 is 0 Å². The van der Waals surface area contributed by atoms with E-state index in [2.05, 4.69) is 34.7 Å². The van der Waals surface area contributed by atoms with Gasteiger partial charge in [-0.3, -0.25) is 4.79 Å². The Kier molecular flexibility index (Phi) is 4.87. The predicted molar refractivity (Wildman–Crippen MR) is 97.7 cm³/mol. The van der Waals surface area contributed by atoms with Gasteiger partial charge in [0.25, 0.3) is 5.91 Å². The third-order valence-electron chi connectivity index (χ3n) is 3.66. The Hall–Kier alpha value is -3.14. The molecule has 1 aromatic heterocycles. The Morgan fingerprint density at radius 3 is 2.54 bits per heavy atom. The average molecular weight is 317 g/mol. The molecule has 3 rings (SSSR count). The van der Waals surface area contributed by atoms with Crippen LogP contribution in [0, 0.1) is 0 Å². The number of para-hydroxylation sites is 1. The first-order valence-corrected chi connectivity index (χ1v) is 7.93. The Bertz CT molecular complexity index is 831. The fraction of sp³-hybridized carbons (Fsp3) is 0.100. The van der Waals surface area contributed by atoms with Gasteiger partial charge in [-0.05, 0) is 48.4 Å². The molecular weight excluding hydrogens is 298 g/mol. The molecular formula is C20H19N3O. The number of pyridine rings is 1. The molecule has 0 aliphatic rings. The number of amides is 1. The summed E-state index contributed by atoms with van der Waals surface area (Å²) < 4.78 is 0. The summed E-state index contributed by atoms with van der Waals surface area (Å²) in [6.45, 7) is 2.12. The molecule has 24 heavy (non-hydrogen) atoms. The Morgan fingerprint density at radius 2 is 1.75 bits per heavy atom. The number of rotatable bonds is 5. The quantitative estimate of drug-likeness (QED) is 0.721. The molecule has 2 N–H and O–H groups in total. The standard InChI is InChI=1S/C20H19N3O/c1-2-15-7-6-10-18(13-15)22-19-14-16(11-12-21-19)20(24)23-17-8-4-3-5-9-17/h3-14H,2H2,1H3,(H,21,22)(H,23,24). The number of nitrogens with zero attached hydrogens (tertiary/aromatic N) is 1. The highest BCUT2D eigenvalue weighted by Crippen LogP contribution is 2.18. The van der Waals surface area contributed by atoms with Gasteiger partial charge in [0.2, 0.25) is 0 Å². The van der Waals surface area contributed by atoms with Crippen molar-refractivity contribution in [1.82, 2.24) is 4.98 Å². The molecule has 0 atom stereocenters. The molecule has 2 aromatic carbocycles. The Labute approximate surface area is 141 Å². The van der Waals surface area contributed by atoms with Crippen LogP contribution < -0.4 is 10.6 Å². The van der Waals surface area contributed by atoms with Crippen molar-refractivity contribution in [2.24, 2.45) is 0 Å². The maximum absolute atomic E-state index is 12.4. The zero-order valence-electron chi connectivity index (χ0n) is 13.5. The number of anilines is 3. The number of hydrogen-bond donors (Lipinski definition) is 2. The number of nitrogens with one attached hydrogen (secondary N) is 2. The van der Waals surface area contributed by atoms with E-state index in [0.29, 0.717) is 11.4 Å². The molecule has 0 unspecified atom stereocenters. The number of carbonyl (C=O) groups excluding carboxylic acids is 1. The van der Waals surface area contributed by atoms with E-state index in [1.807, 2.05) is 42.5 Å². The van der Waals surface area contributed by atoms with Gasteiger partial charge in [-0.1, -0.05) is 37.3 Å². The zero-order valence-corrected chi connectivity index (χ0v) is 13.5. The largest absolute Gasteiger partial charge is 0.340 e. The average Bonchev–Trinajstić information content (AvgIpc) is 2.63. The second kappa shape index (κ2) is 7.42. The van der Waals surface area contributed by atoms with Crippen molar-refractivity contribution in [2.45, 2.75) is 13.3 Å². The van der Waals surface area contributed by atoms with Gasteiger partial charge in [0, 0.05) is 23.1 Å². The molecule has 1 heterocycles. The minimum Gasteiger partial charge on any atom is -0.340 e. The van der Waals surface area contributed by atoms with E-state index in [1.54, 1.807) is 18.3 Å². The van der Waals surface area contributed by atoms with Crippen LogP contribution in [0.5, 0.6) is 0 Å². The van der Waals surface area contributed by atoms with Crippen molar-refractivity contribution in [2.75, 3.05) is 10.6 Å². The summed E-state index contributed by atoms with van der Waals surface area (Å²) in [5, 5.41) is 6.12. The molecule has 120 valence electrons. The van der Waals surface area contributed by atoms with Crippen LogP contribution in [0.15, 0.2) is 72.9 Å². The molecule has 4 heteroatoms. The molecule has 0 radical (unpaired) electrons. The van der Waals surface area contributed by atoms with E-state index >= 15 is 0 Å². The summed E-state index contributed by atoms with van der Waals surface area (Å²) in [6, 6.07) is 21.0. The van der Waals surface area contributed by atoms with Crippen molar-refractivity contribution in [3.05, 3.63) is 84.1 Å². The van der Waals surface area contributed by atoms with Gasteiger partial charge < -0.3 is 10.6 Å². The van der Waals surface area contributed by atoms with E-state index in [1.165, 1.54) is 5.56 Å². The summed E-state index contributed by atoms with van der Waals surface area (Å²) in [4.78, 5) is 16.6. The number of aryl methyl sites for hydroxylation is 1. The van der Waals surface area contributed by atoms with Crippen molar-refractivity contribution >= 4 is 23.1 Å². The lowest BCUT2D eigenvalue weighted by molar-refractivity contribution is 0.102. The van der Waals surface area contributed by atoms with Crippen molar-refractivity contribution in [3.8, 4) is 0 Å². The molecule has 4 nitrogen and oxygen atoms in total. The van der Waals surface area contributed by atoms with Crippen LogP contribution in [0.3, 0.4) is 0 Å². The normalized spacial score (nSPS) is 10.2. The number of hydrogen-bond acceptors (Lipinski definition) is 3. The molecule has 1 amide bonds. The van der Waals surface area contributed by atoms with E-state index in [0.717, 1.165) is 17.8 Å². The molecule has 0 saturated carbocycles. The summed E-state index contributed by atoms with van der Waals surface area (Å²) in [7, 11) is 0. The van der Waals surface area contributed by atoms with Crippen molar-refractivity contribution < 1.29 is 4.79 Å². The maximum Gasteiger partial charge on any atom is 0.255 e. The fourth-order valence-electron chi connectivity index (χ4n) is 2.38.